The van der Waals surface area contributed by atoms with Crippen molar-refractivity contribution in [3.05, 3.63) is 46.7 Å². The number of morpholine rings is 1. The topological polar surface area (TPSA) is 76.1 Å². The number of ether oxygens (including phenoxy) is 1. The summed E-state index contributed by atoms with van der Waals surface area (Å²) >= 11 is 1.38. The first-order valence-corrected chi connectivity index (χ1v) is 10.5. The minimum atomic E-state index is -0.749. The van der Waals surface area contributed by atoms with Gasteiger partial charge in [-0.05, 0) is 26.0 Å². The number of benzene rings is 1. The lowest BCUT2D eigenvalue weighted by Crippen LogP contribution is -2.44. The second-order valence-electron chi connectivity index (χ2n) is 7.43. The second-order valence-corrected chi connectivity index (χ2v) is 8.29. The van der Waals surface area contributed by atoms with Crippen molar-refractivity contribution in [2.75, 3.05) is 18.4 Å². The summed E-state index contributed by atoms with van der Waals surface area (Å²) in [5, 5.41) is 9.22. The molecule has 2 aromatic rings. The number of anilines is 1. The number of hydrogen-bond acceptors (Lipinski definition) is 7. The predicted octanol–water partition coefficient (Wildman–Crippen LogP) is 3.02. The van der Waals surface area contributed by atoms with Crippen LogP contribution in [0.15, 0.2) is 34.8 Å². The minimum absolute atomic E-state index is 0.198. The molecule has 0 saturated carbocycles. The van der Waals surface area contributed by atoms with Crippen molar-refractivity contribution in [3.63, 3.8) is 0 Å². The molecule has 9 heteroatoms. The first-order valence-electron chi connectivity index (χ1n) is 9.58. The molecule has 3 heterocycles. The number of carbonyl (C=O) groups excluding carboxylic acids is 1. The fourth-order valence-electron chi connectivity index (χ4n) is 3.62. The minimum Gasteiger partial charge on any atom is -0.382 e. The fourth-order valence-corrected chi connectivity index (χ4v) is 4.33. The Labute approximate surface area is 172 Å². The Morgan fingerprint density at radius 1 is 1.34 bits per heavy atom. The first kappa shape index (κ1) is 19.9. The number of rotatable bonds is 5. The molecule has 0 spiro atoms. The maximum Gasteiger partial charge on any atom is 0.270 e. The van der Waals surface area contributed by atoms with Gasteiger partial charge < -0.3 is 9.57 Å². The van der Waals surface area contributed by atoms with Gasteiger partial charge >= 0.3 is 0 Å². The van der Waals surface area contributed by atoms with E-state index in [9.17, 15) is 9.18 Å². The van der Waals surface area contributed by atoms with E-state index in [2.05, 4.69) is 34.2 Å². The SMILES string of the molecule is CC1CN(Cc2csc(NC(=O)C3CC(c4cccc(F)c4)=NO3)n2)CC(C)O1. The number of aromatic nitrogens is 1. The maximum atomic E-state index is 13.4. The molecule has 4 rings (SSSR count). The monoisotopic (exact) mass is 418 g/mol. The highest BCUT2D eigenvalue weighted by Crippen LogP contribution is 2.22. The van der Waals surface area contributed by atoms with E-state index in [0.29, 0.717) is 16.4 Å². The summed E-state index contributed by atoms with van der Waals surface area (Å²) in [6, 6.07) is 6.09. The molecular weight excluding hydrogens is 395 g/mol. The molecule has 0 radical (unpaired) electrons. The summed E-state index contributed by atoms with van der Waals surface area (Å²) in [6.45, 7) is 6.57. The smallest absolute Gasteiger partial charge is 0.270 e. The standard InChI is InChI=1S/C20H23FN4O3S/c1-12-8-25(9-13(2)27-12)10-16-11-29-20(22-16)23-19(26)18-7-17(24-28-18)14-4-3-5-15(21)6-14/h3-6,11-13,18H,7-10H2,1-2H3,(H,22,23,26). The van der Waals surface area contributed by atoms with Crippen LogP contribution in [0.5, 0.6) is 0 Å². The highest BCUT2D eigenvalue weighted by atomic mass is 32.1. The van der Waals surface area contributed by atoms with E-state index in [1.807, 2.05) is 5.38 Å². The number of nitrogens with zero attached hydrogens (tertiary/aromatic N) is 3. The summed E-state index contributed by atoms with van der Waals surface area (Å²) in [4.78, 5) is 24.6. The van der Waals surface area contributed by atoms with Crippen LogP contribution in [-0.2, 0) is 20.9 Å². The van der Waals surface area contributed by atoms with Gasteiger partial charge in [-0.15, -0.1) is 11.3 Å². The molecule has 0 bridgehead atoms. The number of halogens is 1. The van der Waals surface area contributed by atoms with Crippen molar-refractivity contribution in [2.24, 2.45) is 5.16 Å². The molecule has 1 saturated heterocycles. The third-order valence-corrected chi connectivity index (χ3v) is 5.59. The van der Waals surface area contributed by atoms with Gasteiger partial charge in [-0.25, -0.2) is 9.37 Å². The third kappa shape index (κ3) is 4.98. The normalized spacial score (nSPS) is 24.8. The van der Waals surface area contributed by atoms with Crippen molar-refractivity contribution in [2.45, 2.75) is 45.1 Å². The van der Waals surface area contributed by atoms with E-state index in [4.69, 9.17) is 9.57 Å². The summed E-state index contributed by atoms with van der Waals surface area (Å²) in [7, 11) is 0. The molecule has 1 aromatic heterocycles. The van der Waals surface area contributed by atoms with Gasteiger partial charge in [0.15, 0.2) is 5.13 Å². The number of hydrogen-bond donors (Lipinski definition) is 1. The van der Waals surface area contributed by atoms with Crippen molar-refractivity contribution in [1.29, 1.82) is 0 Å². The quantitative estimate of drug-likeness (QED) is 0.808. The highest BCUT2D eigenvalue weighted by Gasteiger charge is 2.30. The van der Waals surface area contributed by atoms with E-state index >= 15 is 0 Å². The van der Waals surface area contributed by atoms with E-state index < -0.39 is 6.10 Å². The lowest BCUT2D eigenvalue weighted by atomic mass is 10.0. The van der Waals surface area contributed by atoms with Crippen LogP contribution in [0.2, 0.25) is 0 Å². The van der Waals surface area contributed by atoms with Crippen LogP contribution in [0.1, 0.15) is 31.5 Å². The lowest BCUT2D eigenvalue weighted by molar-refractivity contribution is -0.125. The van der Waals surface area contributed by atoms with Gasteiger partial charge in [-0.3, -0.25) is 15.0 Å². The van der Waals surface area contributed by atoms with Gasteiger partial charge in [0.25, 0.3) is 5.91 Å². The van der Waals surface area contributed by atoms with Gasteiger partial charge in [-0.1, -0.05) is 17.3 Å². The van der Waals surface area contributed by atoms with Crippen LogP contribution in [0.25, 0.3) is 0 Å². The molecule has 3 unspecified atom stereocenters. The molecule has 2 aliphatic heterocycles. The molecule has 1 aromatic carbocycles. The zero-order chi connectivity index (χ0) is 20.4. The molecule has 3 atom stereocenters. The largest absolute Gasteiger partial charge is 0.382 e. The Bertz CT molecular complexity index is 909. The molecule has 2 aliphatic rings. The van der Waals surface area contributed by atoms with Crippen LogP contribution in [0.4, 0.5) is 9.52 Å². The molecular formula is C20H23FN4O3S. The summed E-state index contributed by atoms with van der Waals surface area (Å²) in [6.07, 6.45) is -0.0647. The number of carbonyl (C=O) groups is 1. The van der Waals surface area contributed by atoms with Crippen molar-refractivity contribution < 1.29 is 18.8 Å². The Kier molecular flexibility index (Phi) is 5.89. The number of thiazole rings is 1. The highest BCUT2D eigenvalue weighted by molar-refractivity contribution is 7.13. The van der Waals surface area contributed by atoms with Crippen molar-refractivity contribution >= 4 is 28.1 Å². The Morgan fingerprint density at radius 2 is 2.14 bits per heavy atom. The summed E-state index contributed by atoms with van der Waals surface area (Å²) < 4.78 is 19.1. The first-order chi connectivity index (χ1) is 14.0. The fraction of sp³-hybridized carbons (Fsp3) is 0.450. The zero-order valence-electron chi connectivity index (χ0n) is 16.3. The van der Waals surface area contributed by atoms with Gasteiger partial charge in [-0.2, -0.15) is 0 Å². The van der Waals surface area contributed by atoms with Crippen molar-refractivity contribution in [1.82, 2.24) is 9.88 Å². The van der Waals surface area contributed by atoms with Crippen LogP contribution in [0.3, 0.4) is 0 Å². The molecule has 1 fully saturated rings. The Hall–Kier alpha value is -2.36. The van der Waals surface area contributed by atoms with Crippen LogP contribution >= 0.6 is 11.3 Å². The summed E-state index contributed by atoms with van der Waals surface area (Å²) in [5.41, 5.74) is 2.08. The van der Waals surface area contributed by atoms with Crippen LogP contribution in [0, 0.1) is 5.82 Å². The van der Waals surface area contributed by atoms with Gasteiger partial charge in [0, 0.05) is 37.0 Å². The number of amides is 1. The number of oxime groups is 1. The molecule has 1 amide bonds. The van der Waals surface area contributed by atoms with Gasteiger partial charge in [0.2, 0.25) is 6.10 Å². The second kappa shape index (κ2) is 8.56. The molecule has 154 valence electrons. The van der Waals surface area contributed by atoms with Crippen molar-refractivity contribution in [3.8, 4) is 0 Å². The van der Waals surface area contributed by atoms with Gasteiger partial charge in [0.05, 0.1) is 23.6 Å². The average Bonchev–Trinajstić information content (AvgIpc) is 3.31. The molecule has 7 nitrogen and oxygen atoms in total. The van der Waals surface area contributed by atoms with E-state index in [0.717, 1.165) is 25.3 Å². The Balaban J connectivity index is 1.31. The predicted molar refractivity (Wildman–Crippen MR) is 108 cm³/mol. The van der Waals surface area contributed by atoms with Gasteiger partial charge in [0.1, 0.15) is 5.82 Å². The van der Waals surface area contributed by atoms with Crippen LogP contribution < -0.4 is 5.32 Å². The van der Waals surface area contributed by atoms with E-state index in [1.54, 1.807) is 12.1 Å². The summed E-state index contributed by atoms with van der Waals surface area (Å²) in [5.74, 6) is -0.660. The molecule has 1 N–H and O–H groups in total. The number of nitrogens with one attached hydrogen (secondary N) is 1. The maximum absolute atomic E-state index is 13.4. The third-order valence-electron chi connectivity index (χ3n) is 4.78. The van der Waals surface area contributed by atoms with Crippen LogP contribution in [-0.4, -0.2) is 52.9 Å². The molecule has 0 aliphatic carbocycles. The lowest BCUT2D eigenvalue weighted by Gasteiger charge is -2.34. The average molecular weight is 418 g/mol. The van der Waals surface area contributed by atoms with E-state index in [-0.39, 0.29) is 30.4 Å². The zero-order valence-corrected chi connectivity index (χ0v) is 17.1. The Morgan fingerprint density at radius 3 is 2.90 bits per heavy atom. The van der Waals surface area contributed by atoms with E-state index in [1.165, 1.54) is 23.5 Å². The molecule has 29 heavy (non-hydrogen) atoms.